The van der Waals surface area contributed by atoms with Gasteiger partial charge in [-0.15, -0.1) is 10.2 Å². The first kappa shape index (κ1) is 21.1. The number of carbonyl (C=O) groups is 1. The minimum absolute atomic E-state index is 0.122. The average Bonchev–Trinajstić information content (AvgIpc) is 3.45. The molecule has 0 spiro atoms. The Kier molecular flexibility index (Phi) is 5.51. The van der Waals surface area contributed by atoms with Gasteiger partial charge in [-0.25, -0.2) is 9.37 Å². The standard InChI is InChI=1S/C25H19FN4O2S/c1-14-11-20-21(12-15(14)2)28-23(27-20)17-3-5-18(6-4-17)24-29-30-25(32-24)33-13-22(31)16-7-9-19(26)10-8-16/h3-12H,13H2,1-2H3,(H,27,28). The van der Waals surface area contributed by atoms with Crippen LogP contribution in [0.25, 0.3) is 33.9 Å². The molecule has 8 heteroatoms. The second kappa shape index (κ2) is 8.63. The third-order valence-electron chi connectivity index (χ3n) is 5.40. The minimum Gasteiger partial charge on any atom is -0.411 e. The van der Waals surface area contributed by atoms with Gasteiger partial charge in [-0.2, -0.15) is 0 Å². The molecule has 0 aliphatic heterocycles. The summed E-state index contributed by atoms with van der Waals surface area (Å²) in [7, 11) is 0. The van der Waals surface area contributed by atoms with Gasteiger partial charge in [0, 0.05) is 16.7 Å². The summed E-state index contributed by atoms with van der Waals surface area (Å²) < 4.78 is 18.7. The number of benzene rings is 3. The van der Waals surface area contributed by atoms with E-state index in [0.29, 0.717) is 16.7 Å². The van der Waals surface area contributed by atoms with Crippen LogP contribution in [0.4, 0.5) is 4.39 Å². The number of thioether (sulfide) groups is 1. The summed E-state index contributed by atoms with van der Waals surface area (Å²) in [6.45, 7) is 4.16. The highest BCUT2D eigenvalue weighted by atomic mass is 32.2. The number of aromatic nitrogens is 4. The SMILES string of the molecule is Cc1cc2nc(-c3ccc(-c4nnc(SCC(=O)c5ccc(F)cc5)o4)cc3)[nH]c2cc1C. The molecule has 0 saturated heterocycles. The third-order valence-corrected chi connectivity index (χ3v) is 6.22. The van der Waals surface area contributed by atoms with Crippen LogP contribution in [-0.4, -0.2) is 31.7 Å². The van der Waals surface area contributed by atoms with Gasteiger partial charge >= 0.3 is 0 Å². The van der Waals surface area contributed by atoms with E-state index in [4.69, 9.17) is 9.40 Å². The molecule has 1 N–H and O–H groups in total. The monoisotopic (exact) mass is 458 g/mol. The van der Waals surface area contributed by atoms with Gasteiger partial charge in [0.05, 0.1) is 16.8 Å². The molecule has 5 aromatic rings. The van der Waals surface area contributed by atoms with E-state index in [9.17, 15) is 9.18 Å². The number of ketones is 1. The summed E-state index contributed by atoms with van der Waals surface area (Å²) in [6, 6.07) is 17.3. The number of aryl methyl sites for hydroxylation is 2. The number of fused-ring (bicyclic) bond motifs is 1. The van der Waals surface area contributed by atoms with E-state index in [1.165, 1.54) is 35.4 Å². The number of nitrogens with zero attached hydrogens (tertiary/aromatic N) is 3. The Morgan fingerprint density at radius 1 is 0.970 bits per heavy atom. The largest absolute Gasteiger partial charge is 0.411 e. The van der Waals surface area contributed by atoms with Crippen molar-refractivity contribution in [1.29, 1.82) is 0 Å². The van der Waals surface area contributed by atoms with Crippen LogP contribution < -0.4 is 0 Å². The zero-order chi connectivity index (χ0) is 22.9. The quantitative estimate of drug-likeness (QED) is 0.248. The molecule has 0 unspecified atom stereocenters. The van der Waals surface area contributed by atoms with Crippen molar-refractivity contribution in [2.24, 2.45) is 0 Å². The normalized spacial score (nSPS) is 11.2. The van der Waals surface area contributed by atoms with Gasteiger partial charge in [-0.05, 0) is 73.5 Å². The maximum absolute atomic E-state index is 13.0. The van der Waals surface area contributed by atoms with Gasteiger partial charge in [-0.1, -0.05) is 23.9 Å². The summed E-state index contributed by atoms with van der Waals surface area (Å²) in [5.74, 6) is 0.770. The van der Waals surface area contributed by atoms with Gasteiger partial charge in [0.1, 0.15) is 11.6 Å². The van der Waals surface area contributed by atoms with E-state index in [0.717, 1.165) is 39.7 Å². The molecule has 2 heterocycles. The van der Waals surface area contributed by atoms with E-state index in [2.05, 4.69) is 41.2 Å². The third kappa shape index (κ3) is 4.42. The number of carbonyl (C=O) groups excluding carboxylic acids is 1. The Morgan fingerprint density at radius 2 is 1.67 bits per heavy atom. The van der Waals surface area contributed by atoms with Crippen LogP contribution in [0.5, 0.6) is 0 Å². The van der Waals surface area contributed by atoms with Crippen molar-refractivity contribution in [3.8, 4) is 22.8 Å². The number of hydrogen-bond donors (Lipinski definition) is 1. The molecule has 0 aliphatic carbocycles. The summed E-state index contributed by atoms with van der Waals surface area (Å²) in [5, 5.41) is 8.40. The Balaban J connectivity index is 1.28. The molecule has 3 aromatic carbocycles. The first-order valence-corrected chi connectivity index (χ1v) is 11.3. The second-order valence-electron chi connectivity index (χ2n) is 7.71. The number of Topliss-reactive ketones (excluding diaryl/α,β-unsaturated/α-hetero) is 1. The van der Waals surface area contributed by atoms with Crippen LogP contribution in [0.15, 0.2) is 70.3 Å². The molecule has 0 radical (unpaired) electrons. The molecule has 0 aliphatic rings. The Labute approximate surface area is 193 Å². The van der Waals surface area contributed by atoms with Crippen LogP contribution in [0.2, 0.25) is 0 Å². The molecule has 0 atom stereocenters. The number of hydrogen-bond acceptors (Lipinski definition) is 6. The van der Waals surface area contributed by atoms with Crippen molar-refractivity contribution in [3.63, 3.8) is 0 Å². The number of rotatable bonds is 6. The maximum atomic E-state index is 13.0. The molecule has 0 amide bonds. The lowest BCUT2D eigenvalue weighted by atomic mass is 10.1. The fraction of sp³-hybridized carbons (Fsp3) is 0.120. The van der Waals surface area contributed by atoms with Gasteiger partial charge < -0.3 is 9.40 Å². The predicted octanol–water partition coefficient (Wildman–Crippen LogP) is 6.01. The molecule has 0 bridgehead atoms. The van der Waals surface area contributed by atoms with Crippen molar-refractivity contribution < 1.29 is 13.6 Å². The smallest absolute Gasteiger partial charge is 0.277 e. The summed E-state index contributed by atoms with van der Waals surface area (Å²) in [4.78, 5) is 20.3. The predicted molar refractivity (Wildman–Crippen MR) is 126 cm³/mol. The first-order valence-electron chi connectivity index (χ1n) is 10.3. The van der Waals surface area contributed by atoms with E-state index in [1.54, 1.807) is 0 Å². The van der Waals surface area contributed by atoms with Crippen LogP contribution in [0, 0.1) is 19.7 Å². The molecule has 164 valence electrons. The topological polar surface area (TPSA) is 84.7 Å². The molecule has 6 nitrogen and oxygen atoms in total. The lowest BCUT2D eigenvalue weighted by molar-refractivity contribution is 0.102. The van der Waals surface area contributed by atoms with Crippen LogP contribution in [-0.2, 0) is 0 Å². The van der Waals surface area contributed by atoms with E-state index >= 15 is 0 Å². The van der Waals surface area contributed by atoms with Gasteiger partial charge in [0.2, 0.25) is 5.89 Å². The molecule has 33 heavy (non-hydrogen) atoms. The molecular formula is C25H19FN4O2S. The molecule has 2 aromatic heterocycles. The fourth-order valence-electron chi connectivity index (χ4n) is 3.41. The zero-order valence-corrected chi connectivity index (χ0v) is 18.7. The Hall–Kier alpha value is -3.78. The van der Waals surface area contributed by atoms with Crippen molar-refractivity contribution in [2.75, 3.05) is 5.75 Å². The van der Waals surface area contributed by atoms with Crippen molar-refractivity contribution in [3.05, 3.63) is 83.2 Å². The highest BCUT2D eigenvalue weighted by Crippen LogP contribution is 2.27. The zero-order valence-electron chi connectivity index (χ0n) is 17.9. The molecular weight excluding hydrogens is 439 g/mol. The van der Waals surface area contributed by atoms with E-state index < -0.39 is 0 Å². The molecule has 0 fully saturated rings. The number of imidazole rings is 1. The average molecular weight is 459 g/mol. The van der Waals surface area contributed by atoms with Crippen molar-refractivity contribution in [2.45, 2.75) is 19.1 Å². The highest BCUT2D eigenvalue weighted by Gasteiger charge is 2.13. The Bertz CT molecular complexity index is 1420. The second-order valence-corrected chi connectivity index (χ2v) is 8.63. The maximum Gasteiger partial charge on any atom is 0.277 e. The molecule has 5 rings (SSSR count). The van der Waals surface area contributed by atoms with Crippen LogP contribution in [0.1, 0.15) is 21.5 Å². The van der Waals surface area contributed by atoms with Crippen molar-refractivity contribution >= 4 is 28.6 Å². The highest BCUT2D eigenvalue weighted by molar-refractivity contribution is 7.99. The number of H-pyrrole nitrogens is 1. The summed E-state index contributed by atoms with van der Waals surface area (Å²) in [5.41, 5.74) is 6.53. The van der Waals surface area contributed by atoms with Gasteiger partial charge in [-0.3, -0.25) is 4.79 Å². The minimum atomic E-state index is -0.378. The van der Waals surface area contributed by atoms with Crippen molar-refractivity contribution in [1.82, 2.24) is 20.2 Å². The number of halogens is 1. The van der Waals surface area contributed by atoms with Gasteiger partial charge in [0.15, 0.2) is 5.78 Å². The fourth-order valence-corrected chi connectivity index (χ4v) is 4.07. The lowest BCUT2D eigenvalue weighted by Crippen LogP contribution is -2.02. The lowest BCUT2D eigenvalue weighted by Gasteiger charge is -1.99. The van der Waals surface area contributed by atoms with E-state index in [1.807, 2.05) is 24.3 Å². The summed E-state index contributed by atoms with van der Waals surface area (Å²) >= 11 is 1.15. The Morgan fingerprint density at radius 3 is 2.42 bits per heavy atom. The number of nitrogens with one attached hydrogen (secondary N) is 1. The summed E-state index contributed by atoms with van der Waals surface area (Å²) in [6.07, 6.45) is 0. The first-order chi connectivity index (χ1) is 16.0. The molecule has 0 saturated carbocycles. The van der Waals surface area contributed by atoms with Crippen LogP contribution >= 0.6 is 11.8 Å². The number of aromatic amines is 1. The van der Waals surface area contributed by atoms with Gasteiger partial charge in [0.25, 0.3) is 5.22 Å². The van der Waals surface area contributed by atoms with Crippen LogP contribution in [0.3, 0.4) is 0 Å². The van der Waals surface area contributed by atoms with E-state index in [-0.39, 0.29) is 17.4 Å².